The van der Waals surface area contributed by atoms with Gasteiger partial charge in [0, 0.05) is 38.2 Å². The van der Waals surface area contributed by atoms with E-state index in [1.54, 1.807) is 0 Å². The Morgan fingerprint density at radius 2 is 1.83 bits per heavy atom. The molecule has 0 fully saturated rings. The molecule has 0 saturated heterocycles. The van der Waals surface area contributed by atoms with E-state index in [4.69, 9.17) is 9.47 Å². The van der Waals surface area contributed by atoms with Gasteiger partial charge in [-0.15, -0.1) is 10.2 Å². The Kier molecular flexibility index (Phi) is 4.94. The zero-order chi connectivity index (χ0) is 19.6. The van der Waals surface area contributed by atoms with E-state index in [1.807, 2.05) is 12.1 Å². The van der Waals surface area contributed by atoms with E-state index < -0.39 is 0 Å². The molecule has 1 aromatic heterocycles. The van der Waals surface area contributed by atoms with Gasteiger partial charge in [0.05, 0.1) is 0 Å². The van der Waals surface area contributed by atoms with E-state index >= 15 is 0 Å². The summed E-state index contributed by atoms with van der Waals surface area (Å²) in [5.41, 5.74) is 2.44. The third-order valence-electron chi connectivity index (χ3n) is 5.74. The lowest BCUT2D eigenvalue weighted by molar-refractivity contribution is 0.174. The van der Waals surface area contributed by atoms with Gasteiger partial charge in [0.2, 0.25) is 6.79 Å². The van der Waals surface area contributed by atoms with Crippen LogP contribution >= 0.6 is 0 Å². The molecule has 3 heterocycles. The van der Waals surface area contributed by atoms with Crippen LogP contribution < -0.4 is 9.47 Å². The van der Waals surface area contributed by atoms with Crippen molar-refractivity contribution in [2.24, 2.45) is 5.92 Å². The number of ether oxygens (including phenoxy) is 2. The molecule has 0 aliphatic carbocycles. The molecular formula is C23H26N4O2. The zero-order valence-corrected chi connectivity index (χ0v) is 16.8. The number of rotatable bonds is 5. The molecule has 6 nitrogen and oxygen atoms in total. The molecule has 29 heavy (non-hydrogen) atoms. The van der Waals surface area contributed by atoms with Gasteiger partial charge in [0.25, 0.3) is 0 Å². The number of aromatic nitrogens is 3. The van der Waals surface area contributed by atoms with Crippen LogP contribution in [-0.4, -0.2) is 46.1 Å². The first kappa shape index (κ1) is 18.2. The molecule has 1 unspecified atom stereocenters. The van der Waals surface area contributed by atoms with Crippen LogP contribution in [0.5, 0.6) is 11.5 Å². The summed E-state index contributed by atoms with van der Waals surface area (Å²) in [6.45, 7) is 6.72. The van der Waals surface area contributed by atoms with E-state index in [9.17, 15) is 0 Å². The van der Waals surface area contributed by atoms with Crippen LogP contribution in [0.25, 0.3) is 11.4 Å². The molecule has 0 saturated carbocycles. The van der Waals surface area contributed by atoms with Crippen LogP contribution in [0.2, 0.25) is 0 Å². The van der Waals surface area contributed by atoms with Crippen molar-refractivity contribution in [2.45, 2.75) is 26.3 Å². The molecule has 2 aliphatic heterocycles. The fourth-order valence-electron chi connectivity index (χ4n) is 4.33. The number of benzene rings is 2. The van der Waals surface area contributed by atoms with Crippen molar-refractivity contribution < 1.29 is 9.47 Å². The van der Waals surface area contributed by atoms with Crippen LogP contribution in [0, 0.1) is 5.92 Å². The Balaban J connectivity index is 1.22. The molecule has 0 radical (unpaired) electrons. The predicted molar refractivity (Wildman–Crippen MR) is 111 cm³/mol. The van der Waals surface area contributed by atoms with Crippen molar-refractivity contribution in [3.8, 4) is 22.9 Å². The van der Waals surface area contributed by atoms with E-state index in [0.29, 0.717) is 12.7 Å². The summed E-state index contributed by atoms with van der Waals surface area (Å²) in [5, 5.41) is 8.92. The molecule has 5 rings (SSSR count). The zero-order valence-electron chi connectivity index (χ0n) is 16.8. The summed E-state index contributed by atoms with van der Waals surface area (Å²) in [6, 6.07) is 16.6. The van der Waals surface area contributed by atoms with Crippen molar-refractivity contribution >= 4 is 0 Å². The Bertz CT molecular complexity index is 986. The predicted octanol–water partition coefficient (Wildman–Crippen LogP) is 3.41. The number of nitrogens with zero attached hydrogens (tertiary/aromatic N) is 4. The monoisotopic (exact) mass is 390 g/mol. The maximum absolute atomic E-state index is 5.51. The van der Waals surface area contributed by atoms with Crippen molar-refractivity contribution in [1.29, 1.82) is 0 Å². The van der Waals surface area contributed by atoms with Gasteiger partial charge in [-0.1, -0.05) is 43.3 Å². The second-order valence-corrected chi connectivity index (χ2v) is 8.01. The Morgan fingerprint density at radius 3 is 2.72 bits per heavy atom. The van der Waals surface area contributed by atoms with Gasteiger partial charge in [-0.2, -0.15) is 0 Å². The standard InChI is InChI=1S/C23H26N4O2/c1-17(13-18-7-8-20-21(14-18)29-16-28-20)15-26-10-9-22-24-25-23(27(22)12-11-26)19-5-3-2-4-6-19/h2-8,14,17H,9-13,15-16H2,1H3. The molecule has 2 aliphatic rings. The molecule has 0 N–H and O–H groups in total. The molecule has 0 amide bonds. The fraction of sp³-hybridized carbons (Fsp3) is 0.391. The van der Waals surface area contributed by atoms with Gasteiger partial charge < -0.3 is 18.9 Å². The highest BCUT2D eigenvalue weighted by molar-refractivity contribution is 5.55. The van der Waals surface area contributed by atoms with Crippen LogP contribution in [-0.2, 0) is 19.4 Å². The molecule has 150 valence electrons. The molecule has 0 bridgehead atoms. The molecule has 0 spiro atoms. The van der Waals surface area contributed by atoms with Crippen molar-refractivity contribution in [3.63, 3.8) is 0 Å². The van der Waals surface area contributed by atoms with Crippen LogP contribution in [0.4, 0.5) is 0 Å². The van der Waals surface area contributed by atoms with Crippen LogP contribution in [0.3, 0.4) is 0 Å². The van der Waals surface area contributed by atoms with Gasteiger partial charge in [0.1, 0.15) is 5.82 Å². The minimum Gasteiger partial charge on any atom is -0.454 e. The summed E-state index contributed by atoms with van der Waals surface area (Å²) in [5.74, 6) is 4.36. The quantitative estimate of drug-likeness (QED) is 0.668. The SMILES string of the molecule is CC(Cc1ccc2c(c1)OCO2)CN1CCc2nnc(-c3ccccc3)n2CC1. The smallest absolute Gasteiger partial charge is 0.231 e. The normalized spacial score (nSPS) is 17.0. The van der Waals surface area contributed by atoms with E-state index in [2.05, 4.69) is 63.0 Å². The Labute approximate surface area is 171 Å². The highest BCUT2D eigenvalue weighted by atomic mass is 16.7. The van der Waals surface area contributed by atoms with E-state index in [0.717, 1.165) is 67.7 Å². The lowest BCUT2D eigenvalue weighted by Crippen LogP contribution is -2.32. The average Bonchev–Trinajstić information content (AvgIpc) is 3.32. The van der Waals surface area contributed by atoms with Gasteiger partial charge in [0.15, 0.2) is 17.3 Å². The Hall–Kier alpha value is -2.86. The lowest BCUT2D eigenvalue weighted by atomic mass is 10.00. The largest absolute Gasteiger partial charge is 0.454 e. The van der Waals surface area contributed by atoms with Crippen molar-refractivity contribution in [3.05, 3.63) is 59.9 Å². The van der Waals surface area contributed by atoms with Gasteiger partial charge in [-0.25, -0.2) is 0 Å². The third kappa shape index (κ3) is 3.85. The van der Waals surface area contributed by atoms with Crippen molar-refractivity contribution in [1.82, 2.24) is 19.7 Å². The molecule has 1 atom stereocenters. The van der Waals surface area contributed by atoms with Gasteiger partial charge in [-0.3, -0.25) is 0 Å². The van der Waals surface area contributed by atoms with Gasteiger partial charge >= 0.3 is 0 Å². The second-order valence-electron chi connectivity index (χ2n) is 8.01. The summed E-state index contributed by atoms with van der Waals surface area (Å²) in [4.78, 5) is 2.56. The molecule has 6 heteroatoms. The maximum atomic E-state index is 5.51. The Morgan fingerprint density at radius 1 is 0.966 bits per heavy atom. The second kappa shape index (κ2) is 7.87. The van der Waals surface area contributed by atoms with Crippen LogP contribution in [0.15, 0.2) is 48.5 Å². The lowest BCUT2D eigenvalue weighted by Gasteiger charge is -2.24. The summed E-state index contributed by atoms with van der Waals surface area (Å²) >= 11 is 0. The van der Waals surface area contributed by atoms with E-state index in [1.165, 1.54) is 5.56 Å². The first-order chi connectivity index (χ1) is 14.3. The highest BCUT2D eigenvalue weighted by Crippen LogP contribution is 2.33. The van der Waals surface area contributed by atoms with Crippen molar-refractivity contribution in [2.75, 3.05) is 26.4 Å². The number of fused-ring (bicyclic) bond motifs is 2. The highest BCUT2D eigenvalue weighted by Gasteiger charge is 2.21. The molecule has 2 aromatic carbocycles. The maximum Gasteiger partial charge on any atom is 0.231 e. The topological polar surface area (TPSA) is 52.4 Å². The van der Waals surface area contributed by atoms with Crippen LogP contribution in [0.1, 0.15) is 18.3 Å². The van der Waals surface area contributed by atoms with Gasteiger partial charge in [-0.05, 0) is 30.0 Å². The summed E-state index contributed by atoms with van der Waals surface area (Å²) < 4.78 is 13.2. The molecule has 3 aromatic rings. The van der Waals surface area contributed by atoms with E-state index in [-0.39, 0.29) is 0 Å². The number of hydrogen-bond donors (Lipinski definition) is 0. The minimum atomic E-state index is 0.330. The molecular weight excluding hydrogens is 364 g/mol. The summed E-state index contributed by atoms with van der Waals surface area (Å²) in [7, 11) is 0. The minimum absolute atomic E-state index is 0.330. The number of hydrogen-bond acceptors (Lipinski definition) is 5. The first-order valence-corrected chi connectivity index (χ1v) is 10.3. The first-order valence-electron chi connectivity index (χ1n) is 10.3. The average molecular weight is 390 g/mol. The summed E-state index contributed by atoms with van der Waals surface area (Å²) in [6.07, 6.45) is 1.98. The fourth-order valence-corrected chi connectivity index (χ4v) is 4.33. The third-order valence-corrected chi connectivity index (χ3v) is 5.74.